The van der Waals surface area contributed by atoms with E-state index >= 15 is 0 Å². The lowest BCUT2D eigenvalue weighted by Crippen LogP contribution is -2.30. The second-order valence-electron chi connectivity index (χ2n) is 9.41. The monoisotopic (exact) mass is 475 g/mol. The van der Waals surface area contributed by atoms with Gasteiger partial charge in [-0.05, 0) is 79.1 Å². The van der Waals surface area contributed by atoms with Gasteiger partial charge in [-0.1, -0.05) is 12.1 Å². The predicted octanol–water partition coefficient (Wildman–Crippen LogP) is 4.98. The van der Waals surface area contributed by atoms with Crippen LogP contribution >= 0.6 is 0 Å². The van der Waals surface area contributed by atoms with E-state index in [1.165, 1.54) is 16.7 Å². The summed E-state index contributed by atoms with van der Waals surface area (Å²) in [4.78, 5) is 17.8. The third kappa shape index (κ3) is 4.82. The van der Waals surface area contributed by atoms with Crippen molar-refractivity contribution in [3.05, 3.63) is 117 Å². The van der Waals surface area contributed by atoms with E-state index in [0.717, 1.165) is 47.0 Å². The Morgan fingerprint density at radius 2 is 1.80 bits per heavy atom. The minimum atomic E-state index is -0.876. The van der Waals surface area contributed by atoms with Crippen LogP contribution in [-0.4, -0.2) is 25.8 Å². The molecule has 180 valence electrons. The minimum Gasteiger partial charge on any atom is -0.394 e. The fourth-order valence-electron chi connectivity index (χ4n) is 4.69. The molecule has 35 heavy (non-hydrogen) atoms. The molecule has 0 amide bonds. The quantitative estimate of drug-likeness (QED) is 0.410. The van der Waals surface area contributed by atoms with Gasteiger partial charge >= 0.3 is 0 Å². The topological polar surface area (TPSA) is 60.0 Å². The Morgan fingerprint density at radius 1 is 1.06 bits per heavy atom. The predicted molar refractivity (Wildman–Crippen MR) is 130 cm³/mol. The number of imidazole rings is 1. The lowest BCUT2D eigenvalue weighted by Gasteiger charge is -2.21. The van der Waals surface area contributed by atoms with Crippen molar-refractivity contribution in [1.29, 1.82) is 0 Å². The normalized spacial score (nSPS) is 14.3. The first kappa shape index (κ1) is 23.2. The summed E-state index contributed by atoms with van der Waals surface area (Å²) in [5.41, 5.74) is 5.55. The number of nitrogens with zero attached hydrogens (tertiary/aromatic N) is 3. The van der Waals surface area contributed by atoms with Gasteiger partial charge in [0.2, 0.25) is 0 Å². The van der Waals surface area contributed by atoms with E-state index in [-0.39, 0.29) is 11.1 Å². The molecule has 1 N–H and O–H groups in total. The van der Waals surface area contributed by atoms with Crippen LogP contribution in [0.1, 0.15) is 58.3 Å². The van der Waals surface area contributed by atoms with Gasteiger partial charge in [0.1, 0.15) is 11.6 Å². The highest BCUT2D eigenvalue weighted by Gasteiger charge is 2.27. The molecular formula is C28H27F2N3O2. The first-order valence-corrected chi connectivity index (χ1v) is 11.7. The SMILES string of the molecule is Cc1cn(-c2ccc(Cc3cc(C4CC4)cn([C@@H](CO)c4cc(F)cc(F)c4)c3=O)cc2C)cn1. The molecule has 1 aliphatic carbocycles. The molecule has 2 aromatic carbocycles. The van der Waals surface area contributed by atoms with Crippen molar-refractivity contribution in [2.75, 3.05) is 6.61 Å². The molecule has 0 unspecified atom stereocenters. The Labute approximate surface area is 202 Å². The minimum absolute atomic E-state index is 0.224. The highest BCUT2D eigenvalue weighted by atomic mass is 19.1. The van der Waals surface area contributed by atoms with Crippen LogP contribution in [-0.2, 0) is 6.42 Å². The van der Waals surface area contributed by atoms with Crippen LogP contribution in [0.25, 0.3) is 5.69 Å². The second kappa shape index (κ2) is 9.23. The molecule has 2 heterocycles. The van der Waals surface area contributed by atoms with Crippen LogP contribution in [0, 0.1) is 25.5 Å². The molecule has 1 atom stereocenters. The molecule has 7 heteroatoms. The molecule has 0 bridgehead atoms. The van der Waals surface area contributed by atoms with Crippen molar-refractivity contribution in [2.24, 2.45) is 0 Å². The summed E-state index contributed by atoms with van der Waals surface area (Å²) < 4.78 is 31.2. The summed E-state index contributed by atoms with van der Waals surface area (Å²) >= 11 is 0. The number of hydrogen-bond acceptors (Lipinski definition) is 3. The Balaban J connectivity index is 1.53. The number of pyridine rings is 1. The van der Waals surface area contributed by atoms with Gasteiger partial charge in [-0.3, -0.25) is 4.79 Å². The first-order valence-electron chi connectivity index (χ1n) is 11.7. The number of hydrogen-bond donors (Lipinski definition) is 1. The Hall–Kier alpha value is -3.58. The summed E-state index contributed by atoms with van der Waals surface area (Å²) in [6.07, 6.45) is 7.97. The van der Waals surface area contributed by atoms with Crippen molar-refractivity contribution in [1.82, 2.24) is 14.1 Å². The zero-order chi connectivity index (χ0) is 24.7. The van der Waals surface area contributed by atoms with E-state index in [2.05, 4.69) is 11.1 Å². The average molecular weight is 476 g/mol. The van der Waals surface area contributed by atoms with Crippen LogP contribution in [0.5, 0.6) is 0 Å². The maximum absolute atomic E-state index is 13.9. The molecule has 0 spiro atoms. The Bertz CT molecular complexity index is 1430. The highest BCUT2D eigenvalue weighted by molar-refractivity contribution is 5.44. The van der Waals surface area contributed by atoms with Crippen molar-refractivity contribution in [3.63, 3.8) is 0 Å². The fraction of sp³-hybridized carbons (Fsp3) is 0.286. The largest absolute Gasteiger partial charge is 0.394 e. The van der Waals surface area contributed by atoms with Crippen molar-refractivity contribution >= 4 is 0 Å². The van der Waals surface area contributed by atoms with Gasteiger partial charge in [0.05, 0.1) is 24.7 Å². The maximum atomic E-state index is 13.9. The van der Waals surface area contributed by atoms with Gasteiger partial charge in [-0.15, -0.1) is 0 Å². The molecule has 2 aromatic heterocycles. The van der Waals surface area contributed by atoms with Crippen molar-refractivity contribution < 1.29 is 13.9 Å². The molecule has 0 aliphatic heterocycles. The van der Waals surface area contributed by atoms with Gasteiger partial charge in [-0.25, -0.2) is 13.8 Å². The molecule has 0 saturated heterocycles. The van der Waals surface area contributed by atoms with Gasteiger partial charge in [0, 0.05) is 36.1 Å². The number of benzene rings is 2. The molecule has 0 radical (unpaired) electrons. The maximum Gasteiger partial charge on any atom is 0.254 e. The van der Waals surface area contributed by atoms with Crippen LogP contribution < -0.4 is 5.56 Å². The van der Waals surface area contributed by atoms with E-state index in [1.54, 1.807) is 12.5 Å². The van der Waals surface area contributed by atoms with Gasteiger partial charge in [0.25, 0.3) is 5.56 Å². The van der Waals surface area contributed by atoms with Crippen LogP contribution in [0.3, 0.4) is 0 Å². The lowest BCUT2D eigenvalue weighted by molar-refractivity contribution is 0.246. The number of rotatable bonds is 7. The van der Waals surface area contributed by atoms with Crippen LogP contribution in [0.15, 0.2) is 66.0 Å². The molecule has 1 aliphatic rings. The van der Waals surface area contributed by atoms with Crippen molar-refractivity contribution in [3.8, 4) is 5.69 Å². The van der Waals surface area contributed by atoms with E-state index in [0.29, 0.717) is 17.9 Å². The zero-order valence-corrected chi connectivity index (χ0v) is 19.7. The lowest BCUT2D eigenvalue weighted by atomic mass is 9.99. The Morgan fingerprint density at radius 3 is 2.40 bits per heavy atom. The Kier molecular flexibility index (Phi) is 6.11. The summed E-state index contributed by atoms with van der Waals surface area (Å²) in [7, 11) is 0. The molecule has 1 saturated carbocycles. The number of aromatic nitrogens is 3. The molecule has 4 aromatic rings. The fourth-order valence-corrected chi connectivity index (χ4v) is 4.69. The smallest absolute Gasteiger partial charge is 0.254 e. The second-order valence-corrected chi connectivity index (χ2v) is 9.41. The molecule has 5 rings (SSSR count). The van der Waals surface area contributed by atoms with Gasteiger partial charge < -0.3 is 14.2 Å². The van der Waals surface area contributed by atoms with Gasteiger partial charge in [-0.2, -0.15) is 0 Å². The standard InChI is InChI=1S/C28H27F2N3O2/c1-17-7-19(3-6-26(17)32-13-18(2)31-16-32)8-22-9-23(20-4-5-20)14-33(28(22)35)27(15-34)21-10-24(29)12-25(30)11-21/h3,6-7,9-14,16,20,27,34H,4-5,8,15H2,1-2H3/t27-/m0/s1. The van der Waals surface area contributed by atoms with Crippen LogP contribution in [0.2, 0.25) is 0 Å². The number of halogens is 2. The third-order valence-electron chi connectivity index (χ3n) is 6.61. The van der Waals surface area contributed by atoms with Gasteiger partial charge in [0.15, 0.2) is 0 Å². The summed E-state index contributed by atoms with van der Waals surface area (Å²) in [6, 6.07) is 10.3. The van der Waals surface area contributed by atoms with E-state index < -0.39 is 24.3 Å². The van der Waals surface area contributed by atoms with Crippen molar-refractivity contribution in [2.45, 2.75) is 45.1 Å². The average Bonchev–Trinajstić information content (AvgIpc) is 3.57. The molecule has 1 fully saturated rings. The zero-order valence-electron chi connectivity index (χ0n) is 19.7. The first-order chi connectivity index (χ1) is 16.8. The molecule has 5 nitrogen and oxygen atoms in total. The number of aliphatic hydroxyl groups excluding tert-OH is 1. The van der Waals surface area contributed by atoms with E-state index in [9.17, 15) is 18.7 Å². The van der Waals surface area contributed by atoms with Crippen LogP contribution in [0.4, 0.5) is 8.78 Å². The van der Waals surface area contributed by atoms with E-state index in [1.807, 2.05) is 42.8 Å². The summed E-state index contributed by atoms with van der Waals surface area (Å²) in [6.45, 7) is 3.51. The summed E-state index contributed by atoms with van der Waals surface area (Å²) in [5, 5.41) is 10.1. The summed E-state index contributed by atoms with van der Waals surface area (Å²) in [5.74, 6) is -1.12. The third-order valence-corrected chi connectivity index (χ3v) is 6.61. The number of aryl methyl sites for hydroxylation is 2. The van der Waals surface area contributed by atoms with E-state index in [4.69, 9.17) is 0 Å². The molecular weight excluding hydrogens is 448 g/mol. The number of aliphatic hydroxyl groups is 1. The highest BCUT2D eigenvalue weighted by Crippen LogP contribution is 2.40.